The zero-order valence-electron chi connectivity index (χ0n) is 27.4. The molecule has 0 aliphatic carbocycles. The van der Waals surface area contributed by atoms with Crippen molar-refractivity contribution in [3.63, 3.8) is 0 Å². The molecule has 15 heteroatoms. The Labute approximate surface area is 263 Å². The minimum atomic E-state index is -1.28. The van der Waals surface area contributed by atoms with Crippen LogP contribution in [-0.2, 0) is 42.9 Å². The van der Waals surface area contributed by atoms with E-state index in [-0.39, 0.29) is 30.9 Å². The average Bonchev–Trinajstić information content (AvgIpc) is 3.43. The number of hydrogen-bond acceptors (Lipinski definition) is 14. The number of esters is 2. The standard InChI is InChI=1S/C29H48N4O10S/c1-10-29(9,25(37)20(4)42-19(2)3)41-18-24(36)43-22(15-33(28(6,7)8)23(35)17-39-21(5)34)16-40-27-26(30-44-31-27)32-11-13-38-14-12-32/h19-20,22H,10-18H2,1-9H3/t20?,22-,29?/m0/s1. The second-order valence-corrected chi connectivity index (χ2v) is 12.5. The maximum absolute atomic E-state index is 13.1. The first-order valence-electron chi connectivity index (χ1n) is 14.8. The Morgan fingerprint density at radius 1 is 1.05 bits per heavy atom. The summed E-state index contributed by atoms with van der Waals surface area (Å²) in [7, 11) is 0. The van der Waals surface area contributed by atoms with Crippen LogP contribution in [0.1, 0.15) is 68.7 Å². The number of ketones is 1. The van der Waals surface area contributed by atoms with Crippen LogP contribution in [0.4, 0.5) is 5.82 Å². The van der Waals surface area contributed by atoms with Crippen LogP contribution in [0.2, 0.25) is 0 Å². The van der Waals surface area contributed by atoms with E-state index in [1.165, 1.54) is 11.8 Å². The number of aromatic nitrogens is 2. The molecular formula is C29H48N4O10S. The highest BCUT2D eigenvalue weighted by molar-refractivity contribution is 6.99. The van der Waals surface area contributed by atoms with Gasteiger partial charge < -0.3 is 38.2 Å². The molecule has 1 fully saturated rings. The molecular weight excluding hydrogens is 596 g/mol. The fourth-order valence-electron chi connectivity index (χ4n) is 4.41. The van der Waals surface area contributed by atoms with Gasteiger partial charge in [0, 0.05) is 25.6 Å². The first kappa shape index (κ1) is 37.3. The van der Waals surface area contributed by atoms with Crippen molar-refractivity contribution in [2.24, 2.45) is 0 Å². The molecule has 0 spiro atoms. The van der Waals surface area contributed by atoms with Crippen LogP contribution in [0.15, 0.2) is 0 Å². The van der Waals surface area contributed by atoms with Gasteiger partial charge in [0.25, 0.3) is 11.8 Å². The molecule has 2 heterocycles. The van der Waals surface area contributed by atoms with Gasteiger partial charge in [0.2, 0.25) is 5.82 Å². The SMILES string of the molecule is CCC(C)(OCC(=O)O[C@H](COc1nsnc1N1CCOCC1)CN(C(=O)COC(C)=O)C(C)(C)C)C(=O)C(C)OC(C)C. The minimum Gasteiger partial charge on any atom is -0.470 e. The summed E-state index contributed by atoms with van der Waals surface area (Å²) in [6.45, 7) is 16.4. The number of rotatable bonds is 17. The van der Waals surface area contributed by atoms with Crippen LogP contribution in [0.25, 0.3) is 0 Å². The molecule has 1 aromatic heterocycles. The molecule has 1 aromatic rings. The van der Waals surface area contributed by atoms with E-state index in [4.69, 9.17) is 28.4 Å². The molecule has 3 atom stereocenters. The Morgan fingerprint density at radius 3 is 2.27 bits per heavy atom. The molecule has 2 unspecified atom stereocenters. The molecule has 1 amide bonds. The lowest BCUT2D eigenvalue weighted by Crippen LogP contribution is -2.52. The molecule has 0 saturated carbocycles. The third-order valence-electron chi connectivity index (χ3n) is 6.90. The van der Waals surface area contributed by atoms with E-state index in [2.05, 4.69) is 8.75 Å². The summed E-state index contributed by atoms with van der Waals surface area (Å²) in [6.07, 6.45) is -1.56. The average molecular weight is 645 g/mol. The third-order valence-corrected chi connectivity index (χ3v) is 7.40. The second-order valence-electron chi connectivity index (χ2n) is 11.9. The van der Waals surface area contributed by atoms with Gasteiger partial charge in [-0.05, 0) is 54.9 Å². The molecule has 0 aromatic carbocycles. The summed E-state index contributed by atoms with van der Waals surface area (Å²) in [5.74, 6) is -1.29. The van der Waals surface area contributed by atoms with E-state index < -0.39 is 54.4 Å². The van der Waals surface area contributed by atoms with E-state index in [1.54, 1.807) is 41.5 Å². The normalized spacial score (nSPS) is 16.5. The fraction of sp³-hybridized carbons (Fsp3) is 0.793. The maximum Gasteiger partial charge on any atom is 0.332 e. The lowest BCUT2D eigenvalue weighted by atomic mass is 9.94. The van der Waals surface area contributed by atoms with Gasteiger partial charge in [-0.2, -0.15) is 4.37 Å². The van der Waals surface area contributed by atoms with Gasteiger partial charge in [-0.25, -0.2) is 4.79 Å². The summed E-state index contributed by atoms with van der Waals surface area (Å²) in [4.78, 5) is 54.1. The van der Waals surface area contributed by atoms with Gasteiger partial charge >= 0.3 is 11.9 Å². The molecule has 0 N–H and O–H groups in total. The van der Waals surface area contributed by atoms with Crippen LogP contribution in [0.5, 0.6) is 5.88 Å². The minimum absolute atomic E-state index is 0.0803. The number of hydrogen-bond donors (Lipinski definition) is 0. The molecule has 14 nitrogen and oxygen atoms in total. The summed E-state index contributed by atoms with van der Waals surface area (Å²) < 4.78 is 42.2. The van der Waals surface area contributed by atoms with Crippen molar-refractivity contribution in [1.82, 2.24) is 13.6 Å². The predicted molar refractivity (Wildman–Crippen MR) is 162 cm³/mol. The number of amides is 1. The summed E-state index contributed by atoms with van der Waals surface area (Å²) in [5.41, 5.74) is -2.00. The van der Waals surface area contributed by atoms with Crippen LogP contribution < -0.4 is 9.64 Å². The number of Topliss-reactive ketones (excluding diaryl/α,β-unsaturated/α-hetero) is 1. The van der Waals surface area contributed by atoms with E-state index in [1.807, 2.05) is 18.7 Å². The number of carbonyl (C=O) groups excluding carboxylic acids is 4. The third kappa shape index (κ3) is 11.6. The number of nitrogens with zero attached hydrogens (tertiary/aromatic N) is 4. The van der Waals surface area contributed by atoms with Crippen LogP contribution in [0.3, 0.4) is 0 Å². The highest BCUT2D eigenvalue weighted by Gasteiger charge is 2.38. The summed E-state index contributed by atoms with van der Waals surface area (Å²) >= 11 is 0.989. The van der Waals surface area contributed by atoms with Crippen molar-refractivity contribution in [2.45, 2.75) is 98.2 Å². The Hall–Kier alpha value is -2.88. The Balaban J connectivity index is 2.21. The van der Waals surface area contributed by atoms with Gasteiger partial charge in [0.1, 0.15) is 24.9 Å². The van der Waals surface area contributed by atoms with Crippen LogP contribution in [-0.4, -0.2) is 119 Å². The van der Waals surface area contributed by atoms with Crippen LogP contribution in [0, 0.1) is 0 Å². The lowest BCUT2D eigenvalue weighted by molar-refractivity contribution is -0.172. The molecule has 1 aliphatic rings. The van der Waals surface area contributed by atoms with Gasteiger partial charge in [-0.1, -0.05) is 6.92 Å². The maximum atomic E-state index is 13.1. The number of carbonyl (C=O) groups is 4. The Morgan fingerprint density at radius 2 is 1.70 bits per heavy atom. The van der Waals surface area contributed by atoms with Gasteiger partial charge in [0.15, 0.2) is 18.5 Å². The first-order valence-corrected chi connectivity index (χ1v) is 15.6. The van der Waals surface area contributed by atoms with Gasteiger partial charge in [-0.15, -0.1) is 4.37 Å². The zero-order chi connectivity index (χ0) is 33.1. The quantitative estimate of drug-likeness (QED) is 0.228. The monoisotopic (exact) mass is 644 g/mol. The zero-order valence-corrected chi connectivity index (χ0v) is 28.2. The van der Waals surface area contributed by atoms with Crippen molar-refractivity contribution in [2.75, 3.05) is 57.6 Å². The lowest BCUT2D eigenvalue weighted by Gasteiger charge is -2.37. The molecule has 0 bridgehead atoms. The van der Waals surface area contributed by atoms with E-state index in [0.717, 1.165) is 11.7 Å². The number of ether oxygens (including phenoxy) is 6. The van der Waals surface area contributed by atoms with Crippen molar-refractivity contribution >= 4 is 41.2 Å². The summed E-state index contributed by atoms with van der Waals surface area (Å²) in [5, 5.41) is 0. The van der Waals surface area contributed by atoms with Gasteiger partial charge in [-0.3, -0.25) is 14.4 Å². The highest BCUT2D eigenvalue weighted by atomic mass is 32.1. The molecule has 2 rings (SSSR count). The second kappa shape index (κ2) is 17.0. The van der Waals surface area contributed by atoms with Crippen molar-refractivity contribution in [3.8, 4) is 5.88 Å². The van der Waals surface area contributed by atoms with Crippen molar-refractivity contribution in [3.05, 3.63) is 0 Å². The van der Waals surface area contributed by atoms with E-state index >= 15 is 0 Å². The summed E-state index contributed by atoms with van der Waals surface area (Å²) in [6, 6.07) is 0. The van der Waals surface area contributed by atoms with Crippen LogP contribution >= 0.6 is 11.7 Å². The molecule has 1 saturated heterocycles. The first-order chi connectivity index (χ1) is 20.6. The number of anilines is 1. The molecule has 250 valence electrons. The van der Waals surface area contributed by atoms with Crippen molar-refractivity contribution < 1.29 is 47.6 Å². The number of morpholine rings is 1. The highest BCUT2D eigenvalue weighted by Crippen LogP contribution is 2.27. The Kier molecular flexibility index (Phi) is 14.4. The molecule has 1 aliphatic heterocycles. The predicted octanol–water partition coefficient (Wildman–Crippen LogP) is 2.42. The smallest absolute Gasteiger partial charge is 0.332 e. The van der Waals surface area contributed by atoms with E-state index in [9.17, 15) is 19.2 Å². The fourth-order valence-corrected chi connectivity index (χ4v) is 4.93. The molecule has 0 radical (unpaired) electrons. The van der Waals surface area contributed by atoms with E-state index in [0.29, 0.717) is 38.5 Å². The van der Waals surface area contributed by atoms with Crippen molar-refractivity contribution in [1.29, 1.82) is 0 Å². The van der Waals surface area contributed by atoms with Gasteiger partial charge in [0.05, 0.1) is 37.6 Å². The largest absolute Gasteiger partial charge is 0.470 e. The molecule has 44 heavy (non-hydrogen) atoms. The Bertz CT molecular complexity index is 1100. The topological polar surface area (TPSA) is 156 Å².